The van der Waals surface area contributed by atoms with Crippen LogP contribution in [-0.4, -0.2) is 56.4 Å². The largest absolute Gasteiger partial charge is 0.432 e. The highest BCUT2D eigenvalue weighted by molar-refractivity contribution is 6.05. The van der Waals surface area contributed by atoms with Crippen molar-refractivity contribution in [3.05, 3.63) is 48.9 Å². The first-order valence-corrected chi connectivity index (χ1v) is 9.96. The van der Waals surface area contributed by atoms with E-state index in [0.29, 0.717) is 36.3 Å². The predicted octanol–water partition coefficient (Wildman–Crippen LogP) is 3.14. The molecule has 0 atom stereocenters. The van der Waals surface area contributed by atoms with Gasteiger partial charge in [-0.2, -0.15) is 10.1 Å². The number of aromatic nitrogens is 6. The lowest BCUT2D eigenvalue weighted by molar-refractivity contribution is 0.122. The van der Waals surface area contributed by atoms with Crippen LogP contribution in [0.1, 0.15) is 0 Å². The monoisotopic (exact) mass is 414 g/mol. The molecule has 5 aromatic heterocycles. The first-order valence-electron chi connectivity index (χ1n) is 9.96. The van der Waals surface area contributed by atoms with Gasteiger partial charge in [0.15, 0.2) is 11.4 Å². The molecular weight excluding hydrogens is 396 g/mol. The molecule has 0 spiro atoms. The lowest BCUT2D eigenvalue weighted by Crippen LogP contribution is -2.37. The number of hydrogen-bond donors (Lipinski definition) is 2. The Morgan fingerprint density at radius 2 is 1.90 bits per heavy atom. The SMILES string of the molecule is c1cnc2oc3c(N4CCOCC4)nc(Nc4cc(-c5ccncc5)n[nH]4)nc3c2c1. The molecule has 0 saturated carbocycles. The van der Waals surface area contributed by atoms with Crippen LogP contribution in [0.2, 0.25) is 0 Å². The predicted molar refractivity (Wildman–Crippen MR) is 115 cm³/mol. The van der Waals surface area contributed by atoms with E-state index < -0.39 is 0 Å². The van der Waals surface area contributed by atoms with E-state index in [1.54, 1.807) is 18.6 Å². The Hall–Kier alpha value is -4.05. The second-order valence-corrected chi connectivity index (χ2v) is 7.13. The van der Waals surface area contributed by atoms with Crippen molar-refractivity contribution >= 4 is 39.8 Å². The molecular formula is C21H18N8O2. The van der Waals surface area contributed by atoms with Crippen LogP contribution in [0.5, 0.6) is 0 Å². The van der Waals surface area contributed by atoms with Gasteiger partial charge in [-0.3, -0.25) is 10.1 Å². The maximum atomic E-state index is 6.03. The van der Waals surface area contributed by atoms with E-state index in [4.69, 9.17) is 19.1 Å². The second-order valence-electron chi connectivity index (χ2n) is 7.13. The minimum atomic E-state index is 0.450. The number of hydrogen-bond acceptors (Lipinski definition) is 9. The molecule has 154 valence electrons. The molecule has 10 heteroatoms. The van der Waals surface area contributed by atoms with Crippen molar-refractivity contribution in [3.63, 3.8) is 0 Å². The van der Waals surface area contributed by atoms with Gasteiger partial charge >= 0.3 is 0 Å². The zero-order valence-corrected chi connectivity index (χ0v) is 16.4. The van der Waals surface area contributed by atoms with Crippen LogP contribution in [0.4, 0.5) is 17.6 Å². The molecule has 0 aliphatic carbocycles. The Kier molecular flexibility index (Phi) is 4.20. The first-order chi connectivity index (χ1) is 15.3. The van der Waals surface area contributed by atoms with Gasteiger partial charge in [-0.25, -0.2) is 9.97 Å². The number of aromatic amines is 1. The third-order valence-corrected chi connectivity index (χ3v) is 5.18. The topological polar surface area (TPSA) is 118 Å². The zero-order chi connectivity index (χ0) is 20.6. The lowest BCUT2D eigenvalue weighted by atomic mass is 10.2. The van der Waals surface area contributed by atoms with Gasteiger partial charge in [0, 0.05) is 43.3 Å². The summed E-state index contributed by atoms with van der Waals surface area (Å²) in [5.74, 6) is 1.86. The molecule has 0 unspecified atom stereocenters. The number of nitrogens with one attached hydrogen (secondary N) is 2. The fourth-order valence-corrected chi connectivity index (χ4v) is 3.69. The Labute approximate surface area is 176 Å². The van der Waals surface area contributed by atoms with Crippen molar-refractivity contribution in [1.29, 1.82) is 0 Å². The number of nitrogens with zero attached hydrogens (tertiary/aromatic N) is 6. The van der Waals surface area contributed by atoms with E-state index >= 15 is 0 Å². The Morgan fingerprint density at radius 1 is 1.03 bits per heavy atom. The van der Waals surface area contributed by atoms with E-state index in [2.05, 4.69) is 30.4 Å². The number of anilines is 3. The number of pyridine rings is 2. The van der Waals surface area contributed by atoms with Crippen molar-refractivity contribution in [3.8, 4) is 11.3 Å². The van der Waals surface area contributed by atoms with Crippen molar-refractivity contribution in [2.75, 3.05) is 36.5 Å². The molecule has 10 nitrogen and oxygen atoms in total. The summed E-state index contributed by atoms with van der Waals surface area (Å²) in [4.78, 5) is 20.0. The smallest absolute Gasteiger partial charge is 0.231 e. The summed E-state index contributed by atoms with van der Waals surface area (Å²) in [6, 6.07) is 9.54. The summed E-state index contributed by atoms with van der Waals surface area (Å²) in [5.41, 5.74) is 3.66. The normalized spacial score (nSPS) is 14.4. The van der Waals surface area contributed by atoms with Gasteiger partial charge in [0.25, 0.3) is 0 Å². The molecule has 1 saturated heterocycles. The van der Waals surface area contributed by atoms with Gasteiger partial charge in [-0.05, 0) is 24.3 Å². The second kappa shape index (κ2) is 7.33. The van der Waals surface area contributed by atoms with Gasteiger partial charge < -0.3 is 19.4 Å². The third-order valence-electron chi connectivity index (χ3n) is 5.18. The van der Waals surface area contributed by atoms with Crippen LogP contribution < -0.4 is 10.2 Å². The van der Waals surface area contributed by atoms with Crippen LogP contribution in [0.15, 0.2) is 53.3 Å². The van der Waals surface area contributed by atoms with E-state index in [1.807, 2.05) is 30.3 Å². The average Bonchev–Trinajstić information content (AvgIpc) is 3.45. The van der Waals surface area contributed by atoms with E-state index in [0.717, 1.165) is 41.1 Å². The lowest BCUT2D eigenvalue weighted by Gasteiger charge is -2.27. The molecule has 6 rings (SSSR count). The maximum absolute atomic E-state index is 6.03. The average molecular weight is 414 g/mol. The highest BCUT2D eigenvalue weighted by atomic mass is 16.5. The minimum Gasteiger partial charge on any atom is -0.432 e. The fourth-order valence-electron chi connectivity index (χ4n) is 3.69. The van der Waals surface area contributed by atoms with E-state index in [-0.39, 0.29) is 0 Å². The van der Waals surface area contributed by atoms with Crippen molar-refractivity contribution in [2.24, 2.45) is 0 Å². The Balaban J connectivity index is 1.43. The molecule has 2 N–H and O–H groups in total. The number of morpholine rings is 1. The molecule has 0 aromatic carbocycles. The number of rotatable bonds is 4. The Bertz CT molecular complexity index is 1360. The van der Waals surface area contributed by atoms with Crippen LogP contribution in [0, 0.1) is 0 Å². The highest BCUT2D eigenvalue weighted by Crippen LogP contribution is 2.34. The zero-order valence-electron chi connectivity index (χ0n) is 16.4. The number of ether oxygens (including phenoxy) is 1. The number of H-pyrrole nitrogens is 1. The summed E-state index contributed by atoms with van der Waals surface area (Å²) in [6.07, 6.45) is 5.18. The minimum absolute atomic E-state index is 0.450. The Morgan fingerprint density at radius 3 is 2.77 bits per heavy atom. The van der Waals surface area contributed by atoms with E-state index in [9.17, 15) is 0 Å². The fraction of sp³-hybridized carbons (Fsp3) is 0.190. The molecule has 1 aliphatic heterocycles. The van der Waals surface area contributed by atoms with Crippen LogP contribution in [0.25, 0.3) is 33.5 Å². The van der Waals surface area contributed by atoms with Gasteiger partial charge in [0.05, 0.1) is 24.3 Å². The summed E-state index contributed by atoms with van der Waals surface area (Å²) >= 11 is 0. The first kappa shape index (κ1) is 17.8. The molecule has 0 amide bonds. The van der Waals surface area contributed by atoms with Crippen LogP contribution in [0.3, 0.4) is 0 Å². The van der Waals surface area contributed by atoms with Crippen molar-refractivity contribution in [2.45, 2.75) is 0 Å². The van der Waals surface area contributed by atoms with Crippen molar-refractivity contribution < 1.29 is 9.15 Å². The molecule has 5 aromatic rings. The number of furan rings is 1. The quantitative estimate of drug-likeness (QED) is 0.457. The summed E-state index contributed by atoms with van der Waals surface area (Å²) < 4.78 is 11.5. The van der Waals surface area contributed by atoms with Crippen LogP contribution >= 0.6 is 0 Å². The molecule has 1 fully saturated rings. The standard InChI is InChI=1S/C21H18N8O2/c1-2-14-17-18(31-20(14)23-5-1)19(29-8-10-30-11-9-29)26-21(25-17)24-16-12-15(27-28-16)13-3-6-22-7-4-13/h1-7,12H,8-11H2,(H2,24,25,26,27,28). The van der Waals surface area contributed by atoms with Gasteiger partial charge in [-0.1, -0.05) is 0 Å². The summed E-state index contributed by atoms with van der Waals surface area (Å²) in [5, 5.41) is 11.5. The molecule has 6 heterocycles. The van der Waals surface area contributed by atoms with E-state index in [1.165, 1.54) is 0 Å². The molecule has 0 bridgehead atoms. The third kappa shape index (κ3) is 3.22. The summed E-state index contributed by atoms with van der Waals surface area (Å²) in [7, 11) is 0. The van der Waals surface area contributed by atoms with Gasteiger partial charge in [0.2, 0.25) is 11.7 Å². The molecule has 0 radical (unpaired) electrons. The summed E-state index contributed by atoms with van der Waals surface area (Å²) in [6.45, 7) is 2.74. The maximum Gasteiger partial charge on any atom is 0.231 e. The van der Waals surface area contributed by atoms with Crippen molar-refractivity contribution in [1.82, 2.24) is 30.1 Å². The van der Waals surface area contributed by atoms with Crippen LogP contribution in [-0.2, 0) is 4.74 Å². The molecule has 31 heavy (non-hydrogen) atoms. The number of fused-ring (bicyclic) bond motifs is 3. The molecule has 1 aliphatic rings. The highest BCUT2D eigenvalue weighted by Gasteiger charge is 2.22. The van der Waals surface area contributed by atoms with Gasteiger partial charge in [-0.15, -0.1) is 0 Å². The van der Waals surface area contributed by atoms with Gasteiger partial charge in [0.1, 0.15) is 11.3 Å².